The van der Waals surface area contributed by atoms with Gasteiger partial charge in [0.1, 0.15) is 12.1 Å². The molecule has 0 spiro atoms. The van der Waals surface area contributed by atoms with Crippen LogP contribution < -0.4 is 10.6 Å². The van der Waals surface area contributed by atoms with Gasteiger partial charge in [0.25, 0.3) is 0 Å². The summed E-state index contributed by atoms with van der Waals surface area (Å²) < 4.78 is 1.94. The predicted molar refractivity (Wildman–Crippen MR) is 96.3 cm³/mol. The third-order valence-electron chi connectivity index (χ3n) is 3.61. The molecule has 0 atom stereocenters. The van der Waals surface area contributed by atoms with Crippen LogP contribution in [0.15, 0.2) is 43.4 Å². The summed E-state index contributed by atoms with van der Waals surface area (Å²) in [5, 5.41) is 17.4. The summed E-state index contributed by atoms with van der Waals surface area (Å²) in [6, 6.07) is 3.59. The van der Waals surface area contributed by atoms with E-state index in [2.05, 4.69) is 30.6 Å². The highest BCUT2D eigenvalue weighted by Gasteiger charge is 2.23. The topological polar surface area (TPSA) is 124 Å². The molecule has 0 aromatic carbocycles. The van der Waals surface area contributed by atoms with E-state index in [-0.39, 0.29) is 17.3 Å². The van der Waals surface area contributed by atoms with Crippen molar-refractivity contribution in [3.8, 4) is 0 Å². The maximum atomic E-state index is 11.5. The Morgan fingerprint density at radius 2 is 2.08 bits per heavy atom. The number of hydrogen-bond acceptors (Lipinski definition) is 8. The first kappa shape index (κ1) is 17.3. The van der Waals surface area contributed by atoms with Crippen LogP contribution in [0.5, 0.6) is 0 Å². The average molecular weight is 354 g/mol. The van der Waals surface area contributed by atoms with E-state index in [1.54, 1.807) is 24.8 Å². The number of hydrogen-bond donors (Lipinski definition) is 2. The maximum absolute atomic E-state index is 11.5. The summed E-state index contributed by atoms with van der Waals surface area (Å²) in [5.41, 5.74) is 0.783. The fraction of sp³-hybridized carbons (Fsp3) is 0.250. The zero-order chi connectivity index (χ0) is 18.4. The van der Waals surface area contributed by atoms with Crippen LogP contribution in [0.2, 0.25) is 0 Å². The lowest BCUT2D eigenvalue weighted by molar-refractivity contribution is -0.383. The van der Waals surface area contributed by atoms with Crippen LogP contribution in [-0.2, 0) is 6.54 Å². The molecule has 134 valence electrons. The van der Waals surface area contributed by atoms with E-state index < -0.39 is 4.92 Å². The minimum absolute atomic E-state index is 0.0958. The number of nitro groups is 1. The number of aromatic nitrogens is 5. The monoisotopic (exact) mass is 354 g/mol. The standard InChI is InChI=1S/C16H18N8O2/c1-12-3-4-13(19-9-12)22-16-14(24(25)26)15(20-10-21-16)18-5-2-7-23-8-6-17-11-23/h3-4,6,8-11H,2,5,7H2,1H3,(H2,18,19,20,21,22). The van der Waals surface area contributed by atoms with Gasteiger partial charge in [-0.05, 0) is 25.0 Å². The van der Waals surface area contributed by atoms with Gasteiger partial charge in [0.2, 0.25) is 11.6 Å². The third kappa shape index (κ3) is 4.29. The molecule has 3 aromatic rings. The molecule has 0 bridgehead atoms. The molecular formula is C16H18N8O2. The molecule has 0 unspecified atom stereocenters. The highest BCUT2D eigenvalue weighted by molar-refractivity contribution is 5.72. The van der Waals surface area contributed by atoms with Crippen LogP contribution >= 0.6 is 0 Å². The number of anilines is 3. The van der Waals surface area contributed by atoms with E-state index in [0.29, 0.717) is 12.4 Å². The van der Waals surface area contributed by atoms with Crippen LogP contribution in [0.4, 0.5) is 23.1 Å². The molecule has 3 rings (SSSR count). The van der Waals surface area contributed by atoms with Crippen molar-refractivity contribution in [3.63, 3.8) is 0 Å². The van der Waals surface area contributed by atoms with Crippen LogP contribution in [-0.4, -0.2) is 36.0 Å². The minimum atomic E-state index is -0.505. The van der Waals surface area contributed by atoms with Crippen LogP contribution in [0.3, 0.4) is 0 Å². The van der Waals surface area contributed by atoms with Gasteiger partial charge in [0.05, 0.1) is 11.3 Å². The largest absolute Gasteiger partial charge is 0.364 e. The minimum Gasteiger partial charge on any atom is -0.364 e. The van der Waals surface area contributed by atoms with Crippen molar-refractivity contribution in [3.05, 3.63) is 59.1 Å². The van der Waals surface area contributed by atoms with Gasteiger partial charge in [-0.25, -0.2) is 19.9 Å². The van der Waals surface area contributed by atoms with Gasteiger partial charge in [0.15, 0.2) is 0 Å². The lowest BCUT2D eigenvalue weighted by atomic mass is 10.3. The second kappa shape index (κ2) is 8.01. The zero-order valence-corrected chi connectivity index (χ0v) is 14.2. The van der Waals surface area contributed by atoms with Gasteiger partial charge in [-0.3, -0.25) is 10.1 Å². The van der Waals surface area contributed by atoms with Crippen molar-refractivity contribution >= 4 is 23.1 Å². The van der Waals surface area contributed by atoms with Gasteiger partial charge >= 0.3 is 5.69 Å². The van der Waals surface area contributed by atoms with Crippen molar-refractivity contribution in [2.24, 2.45) is 0 Å². The van der Waals surface area contributed by atoms with E-state index in [9.17, 15) is 10.1 Å². The quantitative estimate of drug-likeness (QED) is 0.359. The Labute approximate surface area is 149 Å². The first-order valence-corrected chi connectivity index (χ1v) is 8.02. The Morgan fingerprint density at radius 3 is 2.77 bits per heavy atom. The summed E-state index contributed by atoms with van der Waals surface area (Å²) in [5.74, 6) is 0.743. The highest BCUT2D eigenvalue weighted by atomic mass is 16.6. The van der Waals surface area contributed by atoms with Crippen molar-refractivity contribution in [1.29, 1.82) is 0 Å². The van der Waals surface area contributed by atoms with Crippen molar-refractivity contribution < 1.29 is 4.92 Å². The fourth-order valence-corrected chi connectivity index (χ4v) is 2.32. The van der Waals surface area contributed by atoms with Crippen LogP contribution in [0.25, 0.3) is 0 Å². The van der Waals surface area contributed by atoms with Gasteiger partial charge in [-0.1, -0.05) is 6.07 Å². The number of nitrogens with zero attached hydrogens (tertiary/aromatic N) is 6. The normalized spacial score (nSPS) is 10.5. The zero-order valence-electron chi connectivity index (χ0n) is 14.2. The van der Waals surface area contributed by atoms with E-state index in [4.69, 9.17) is 0 Å². The second-order valence-electron chi connectivity index (χ2n) is 5.60. The molecule has 2 N–H and O–H groups in total. The molecule has 0 saturated carbocycles. The van der Waals surface area contributed by atoms with E-state index in [1.807, 2.05) is 23.8 Å². The van der Waals surface area contributed by atoms with Gasteiger partial charge in [-0.15, -0.1) is 0 Å². The summed E-state index contributed by atoms with van der Waals surface area (Å²) in [6.45, 7) is 3.19. The molecule has 3 heterocycles. The van der Waals surface area contributed by atoms with Crippen molar-refractivity contribution in [2.45, 2.75) is 19.9 Å². The summed E-state index contributed by atoms with van der Waals surface area (Å²) in [4.78, 5) is 27.2. The second-order valence-corrected chi connectivity index (χ2v) is 5.60. The van der Waals surface area contributed by atoms with Crippen LogP contribution in [0, 0.1) is 17.0 Å². The third-order valence-corrected chi connectivity index (χ3v) is 3.61. The number of aryl methyl sites for hydroxylation is 2. The van der Waals surface area contributed by atoms with E-state index in [1.165, 1.54) is 6.33 Å². The Morgan fingerprint density at radius 1 is 1.23 bits per heavy atom. The lowest BCUT2D eigenvalue weighted by Crippen LogP contribution is -2.11. The molecule has 26 heavy (non-hydrogen) atoms. The van der Waals surface area contributed by atoms with E-state index >= 15 is 0 Å². The summed E-state index contributed by atoms with van der Waals surface area (Å²) >= 11 is 0. The number of nitrogens with one attached hydrogen (secondary N) is 2. The van der Waals surface area contributed by atoms with E-state index in [0.717, 1.165) is 18.5 Å². The molecule has 3 aromatic heterocycles. The molecular weight excluding hydrogens is 336 g/mol. The SMILES string of the molecule is Cc1ccc(Nc2ncnc(NCCCn3ccnc3)c2[N+](=O)[O-])nc1. The first-order chi connectivity index (χ1) is 12.6. The Hall–Kier alpha value is -3.56. The Kier molecular flexibility index (Phi) is 5.32. The van der Waals surface area contributed by atoms with Gasteiger partial charge in [0, 0.05) is 31.7 Å². The molecule has 0 fully saturated rings. The van der Waals surface area contributed by atoms with Crippen molar-refractivity contribution in [1.82, 2.24) is 24.5 Å². The molecule has 0 saturated heterocycles. The smallest absolute Gasteiger partial charge is 0.353 e. The average Bonchev–Trinajstić information content (AvgIpc) is 3.14. The molecule has 10 heteroatoms. The maximum Gasteiger partial charge on any atom is 0.353 e. The van der Waals surface area contributed by atoms with Gasteiger partial charge < -0.3 is 15.2 Å². The first-order valence-electron chi connectivity index (χ1n) is 8.02. The molecule has 0 aliphatic carbocycles. The van der Waals surface area contributed by atoms with Crippen LogP contribution in [0.1, 0.15) is 12.0 Å². The summed E-state index contributed by atoms with van der Waals surface area (Å²) in [6.07, 6.45) is 9.01. The molecule has 0 radical (unpaired) electrons. The Balaban J connectivity index is 1.70. The van der Waals surface area contributed by atoms with Gasteiger partial charge in [-0.2, -0.15) is 0 Å². The molecule has 10 nitrogen and oxygen atoms in total. The fourth-order valence-electron chi connectivity index (χ4n) is 2.32. The number of imidazole rings is 1. The molecule has 0 amide bonds. The molecule has 0 aliphatic heterocycles. The lowest BCUT2D eigenvalue weighted by Gasteiger charge is -2.10. The highest BCUT2D eigenvalue weighted by Crippen LogP contribution is 2.30. The summed E-state index contributed by atoms with van der Waals surface area (Å²) in [7, 11) is 0. The number of pyridine rings is 1. The predicted octanol–water partition coefficient (Wildman–Crippen LogP) is 2.53. The number of rotatable bonds is 8. The Bertz CT molecular complexity index is 864. The van der Waals surface area contributed by atoms with Crippen molar-refractivity contribution in [2.75, 3.05) is 17.2 Å². The molecule has 0 aliphatic rings.